The third-order valence-corrected chi connectivity index (χ3v) is 6.37. The zero-order valence-corrected chi connectivity index (χ0v) is 17.8. The highest BCUT2D eigenvalue weighted by Gasteiger charge is 2.31. The van der Waals surface area contributed by atoms with Crippen LogP contribution in [0.5, 0.6) is 11.5 Å². The molecule has 0 radical (unpaired) electrons. The van der Waals surface area contributed by atoms with Crippen LogP contribution in [0.3, 0.4) is 0 Å². The minimum absolute atomic E-state index is 0.262. The van der Waals surface area contributed by atoms with Crippen LogP contribution in [-0.4, -0.2) is 44.3 Å². The summed E-state index contributed by atoms with van der Waals surface area (Å²) in [5.74, 6) is 2.24. The van der Waals surface area contributed by atoms with E-state index in [1.807, 2.05) is 24.3 Å². The van der Waals surface area contributed by atoms with Crippen molar-refractivity contribution in [2.45, 2.75) is 38.8 Å². The summed E-state index contributed by atoms with van der Waals surface area (Å²) in [6.45, 7) is 8.65. The van der Waals surface area contributed by atoms with Crippen LogP contribution in [0.1, 0.15) is 35.6 Å². The number of piperidine rings is 1. The zero-order chi connectivity index (χ0) is 20.2. The van der Waals surface area contributed by atoms with Gasteiger partial charge in [0.15, 0.2) is 11.5 Å². The van der Waals surface area contributed by atoms with Gasteiger partial charge in [-0.1, -0.05) is 30.3 Å². The van der Waals surface area contributed by atoms with E-state index < -0.39 is 0 Å². The maximum atomic E-state index is 6.23. The molecule has 2 aromatic rings. The number of hydrogen-bond donors (Lipinski definition) is 2. The first-order chi connectivity index (χ1) is 14.1. The number of methoxy groups -OCH3 is 1. The minimum Gasteiger partial charge on any atom is -0.493 e. The molecular weight excluding hydrogens is 362 g/mol. The predicted molar refractivity (Wildman–Crippen MR) is 116 cm³/mol. The van der Waals surface area contributed by atoms with E-state index in [4.69, 9.17) is 9.47 Å². The van der Waals surface area contributed by atoms with Crippen molar-refractivity contribution in [3.8, 4) is 11.5 Å². The Morgan fingerprint density at radius 1 is 1.00 bits per heavy atom. The van der Waals surface area contributed by atoms with Crippen molar-refractivity contribution >= 4 is 0 Å². The Morgan fingerprint density at radius 2 is 1.76 bits per heavy atom. The van der Waals surface area contributed by atoms with Crippen molar-refractivity contribution in [3.05, 3.63) is 59.2 Å². The molecule has 2 saturated heterocycles. The molecule has 4 rings (SSSR count). The number of nitrogens with one attached hydrogen (secondary N) is 2. The second-order valence-corrected chi connectivity index (χ2v) is 8.38. The molecule has 2 unspecified atom stereocenters. The van der Waals surface area contributed by atoms with Crippen LogP contribution < -0.4 is 20.3 Å². The quantitative estimate of drug-likeness (QED) is 0.782. The Kier molecular flexibility index (Phi) is 6.38. The number of nitrogens with zero attached hydrogens (tertiary/aromatic N) is 1. The van der Waals surface area contributed by atoms with Crippen LogP contribution in [0, 0.1) is 19.8 Å². The molecule has 2 aromatic carbocycles. The first kappa shape index (κ1) is 20.2. The summed E-state index contributed by atoms with van der Waals surface area (Å²) in [6.07, 6.45) is 2.37. The van der Waals surface area contributed by atoms with Gasteiger partial charge in [-0.15, -0.1) is 0 Å². The molecule has 0 bridgehead atoms. The second kappa shape index (κ2) is 9.16. The predicted octanol–water partition coefficient (Wildman–Crippen LogP) is 3.62. The summed E-state index contributed by atoms with van der Waals surface area (Å²) in [7, 11) is 1.69. The van der Waals surface area contributed by atoms with Crippen LogP contribution in [-0.2, 0) is 0 Å². The number of hydrogen-bond acceptors (Lipinski definition) is 5. The molecular formula is C24H33N3O2. The Labute approximate surface area is 174 Å². The van der Waals surface area contributed by atoms with Crippen LogP contribution in [0.25, 0.3) is 0 Å². The SMILES string of the molecule is COc1ccccc1OC1CCN(CC2CNNC2c2ccc(C)c(C)c2)CC1. The molecule has 5 heteroatoms. The monoisotopic (exact) mass is 395 g/mol. The topological polar surface area (TPSA) is 45.8 Å². The van der Waals surface area contributed by atoms with E-state index in [0.717, 1.165) is 50.5 Å². The lowest BCUT2D eigenvalue weighted by Gasteiger charge is -2.34. The largest absolute Gasteiger partial charge is 0.493 e. The highest BCUT2D eigenvalue weighted by molar-refractivity contribution is 5.39. The number of para-hydroxylation sites is 2. The van der Waals surface area contributed by atoms with Gasteiger partial charge in [0.25, 0.3) is 0 Å². The fourth-order valence-corrected chi connectivity index (χ4v) is 4.46. The highest BCUT2D eigenvalue weighted by atomic mass is 16.5. The van der Waals surface area contributed by atoms with Gasteiger partial charge >= 0.3 is 0 Å². The first-order valence-electron chi connectivity index (χ1n) is 10.7. The van der Waals surface area contributed by atoms with E-state index in [-0.39, 0.29) is 6.10 Å². The molecule has 2 aliphatic rings. The lowest BCUT2D eigenvalue weighted by molar-refractivity contribution is 0.0885. The van der Waals surface area contributed by atoms with Gasteiger partial charge in [-0.3, -0.25) is 5.43 Å². The molecule has 2 heterocycles. The standard InChI is InChI=1S/C24H33N3O2/c1-17-8-9-19(14-18(17)2)24-20(15-25-26-24)16-27-12-10-21(11-13-27)29-23-7-5-4-6-22(23)28-3/h4-9,14,20-21,24-26H,10-13,15-16H2,1-3H3. The number of likely N-dealkylation sites (tertiary alicyclic amines) is 1. The zero-order valence-electron chi connectivity index (χ0n) is 17.8. The summed E-state index contributed by atoms with van der Waals surface area (Å²) in [4.78, 5) is 2.59. The number of ether oxygens (including phenoxy) is 2. The maximum absolute atomic E-state index is 6.23. The van der Waals surface area contributed by atoms with E-state index >= 15 is 0 Å². The maximum Gasteiger partial charge on any atom is 0.161 e. The Bertz CT molecular complexity index is 818. The van der Waals surface area contributed by atoms with Gasteiger partial charge < -0.3 is 14.4 Å². The normalized spacial score (nSPS) is 23.3. The Hall–Kier alpha value is -2.08. The van der Waals surface area contributed by atoms with Gasteiger partial charge in [-0.2, -0.15) is 0 Å². The van der Waals surface area contributed by atoms with Gasteiger partial charge in [0.1, 0.15) is 6.10 Å². The van der Waals surface area contributed by atoms with E-state index in [1.165, 1.54) is 16.7 Å². The molecule has 5 nitrogen and oxygen atoms in total. The summed E-state index contributed by atoms with van der Waals surface area (Å²) in [6, 6.07) is 15.1. The van der Waals surface area contributed by atoms with Crippen LogP contribution in [0.4, 0.5) is 0 Å². The molecule has 0 spiro atoms. The second-order valence-electron chi connectivity index (χ2n) is 8.38. The number of aryl methyl sites for hydroxylation is 2. The Morgan fingerprint density at radius 3 is 2.48 bits per heavy atom. The first-order valence-corrected chi connectivity index (χ1v) is 10.7. The van der Waals surface area contributed by atoms with Gasteiger partial charge in [0.2, 0.25) is 0 Å². The summed E-state index contributed by atoms with van der Waals surface area (Å²) in [5, 5.41) is 0. The van der Waals surface area contributed by atoms with E-state index in [0.29, 0.717) is 12.0 Å². The number of rotatable bonds is 6. The third kappa shape index (κ3) is 4.74. The molecule has 0 amide bonds. The summed E-state index contributed by atoms with van der Waals surface area (Å²) in [5.41, 5.74) is 11.0. The Balaban J connectivity index is 1.31. The van der Waals surface area contributed by atoms with Crippen LogP contribution in [0.15, 0.2) is 42.5 Å². The molecule has 0 aromatic heterocycles. The molecule has 0 aliphatic carbocycles. The lowest BCUT2D eigenvalue weighted by Crippen LogP contribution is -2.41. The van der Waals surface area contributed by atoms with Crippen molar-refractivity contribution in [1.82, 2.24) is 15.8 Å². The van der Waals surface area contributed by atoms with Crippen LogP contribution in [0.2, 0.25) is 0 Å². The van der Waals surface area contributed by atoms with Crippen LogP contribution >= 0.6 is 0 Å². The van der Waals surface area contributed by atoms with Crippen molar-refractivity contribution in [3.63, 3.8) is 0 Å². The average molecular weight is 396 g/mol. The molecule has 29 heavy (non-hydrogen) atoms. The third-order valence-electron chi connectivity index (χ3n) is 6.37. The fourth-order valence-electron chi connectivity index (χ4n) is 4.46. The van der Waals surface area contributed by atoms with Gasteiger partial charge in [0.05, 0.1) is 13.2 Å². The highest BCUT2D eigenvalue weighted by Crippen LogP contribution is 2.30. The number of benzene rings is 2. The van der Waals surface area contributed by atoms with Gasteiger partial charge in [0, 0.05) is 32.1 Å². The van der Waals surface area contributed by atoms with E-state index in [9.17, 15) is 0 Å². The van der Waals surface area contributed by atoms with Crippen molar-refractivity contribution < 1.29 is 9.47 Å². The molecule has 0 saturated carbocycles. The number of hydrazine groups is 1. The van der Waals surface area contributed by atoms with E-state index in [2.05, 4.69) is 47.8 Å². The van der Waals surface area contributed by atoms with Crippen molar-refractivity contribution in [1.29, 1.82) is 0 Å². The molecule has 2 atom stereocenters. The lowest BCUT2D eigenvalue weighted by atomic mass is 9.92. The summed E-state index contributed by atoms with van der Waals surface area (Å²) >= 11 is 0. The summed E-state index contributed by atoms with van der Waals surface area (Å²) < 4.78 is 11.7. The van der Waals surface area contributed by atoms with Crippen molar-refractivity contribution in [2.75, 3.05) is 33.3 Å². The van der Waals surface area contributed by atoms with Gasteiger partial charge in [-0.05, 0) is 55.5 Å². The smallest absolute Gasteiger partial charge is 0.161 e. The van der Waals surface area contributed by atoms with Gasteiger partial charge in [-0.25, -0.2) is 5.43 Å². The molecule has 156 valence electrons. The fraction of sp³-hybridized carbons (Fsp3) is 0.500. The molecule has 2 fully saturated rings. The van der Waals surface area contributed by atoms with E-state index in [1.54, 1.807) is 7.11 Å². The minimum atomic E-state index is 0.262. The van der Waals surface area contributed by atoms with Crippen molar-refractivity contribution in [2.24, 2.45) is 5.92 Å². The molecule has 2 N–H and O–H groups in total. The average Bonchev–Trinajstić information content (AvgIpc) is 3.20. The molecule has 2 aliphatic heterocycles.